The van der Waals surface area contributed by atoms with E-state index in [2.05, 4.69) is 20.9 Å². The lowest BCUT2D eigenvalue weighted by Crippen LogP contribution is -2.23. The predicted molar refractivity (Wildman–Crippen MR) is 111 cm³/mol. The van der Waals surface area contributed by atoms with Gasteiger partial charge in [0.15, 0.2) is 0 Å². The van der Waals surface area contributed by atoms with Gasteiger partial charge in [0.25, 0.3) is 0 Å². The fraction of sp³-hybridized carbons (Fsp3) is 0.182. The number of hydrogen-bond acceptors (Lipinski definition) is 3. The van der Waals surface area contributed by atoms with Crippen LogP contribution in [-0.4, -0.2) is 28.6 Å². The molecule has 0 fully saturated rings. The maximum absolute atomic E-state index is 12.1. The molecule has 0 saturated heterocycles. The Morgan fingerprint density at radius 1 is 1.29 bits per heavy atom. The molecule has 2 aromatic carbocycles. The van der Waals surface area contributed by atoms with E-state index in [-0.39, 0.29) is 5.91 Å². The van der Waals surface area contributed by atoms with Crippen LogP contribution in [0.4, 0.5) is 0 Å². The molecule has 1 amide bonds. The summed E-state index contributed by atoms with van der Waals surface area (Å²) in [6.45, 7) is 1.84. The van der Waals surface area contributed by atoms with E-state index >= 15 is 0 Å². The third kappa shape index (κ3) is 4.26. The molecular formula is C22H20ClN3O2. The summed E-state index contributed by atoms with van der Waals surface area (Å²) < 4.78 is 7.78. The molecule has 0 atom stereocenters. The number of benzene rings is 2. The van der Waals surface area contributed by atoms with E-state index in [1.54, 1.807) is 12.1 Å². The van der Waals surface area contributed by atoms with Crippen molar-refractivity contribution < 1.29 is 9.53 Å². The zero-order chi connectivity index (χ0) is 19.3. The van der Waals surface area contributed by atoms with Crippen molar-refractivity contribution in [1.29, 1.82) is 0 Å². The van der Waals surface area contributed by atoms with Crippen LogP contribution >= 0.6 is 11.6 Å². The highest BCUT2D eigenvalue weighted by molar-refractivity contribution is 6.30. The van der Waals surface area contributed by atoms with E-state index in [0.29, 0.717) is 18.2 Å². The molecule has 0 spiro atoms. The quantitative estimate of drug-likeness (QED) is 0.503. The standard InChI is InChI=1S/C22H20ClN3O2/c23-18-7-8-21-17(13-18)12-16(14-28-21)6-9-22(27)24-10-3-11-26-15-25-19-4-1-2-5-20(19)26/h1-2,4-9,12-13,15H,3,10-11,14H2,(H,24,27)/b9-6+. The Labute approximate surface area is 168 Å². The number of halogens is 1. The summed E-state index contributed by atoms with van der Waals surface area (Å²) in [5.74, 6) is 0.686. The van der Waals surface area contributed by atoms with E-state index in [0.717, 1.165) is 40.9 Å². The number of nitrogens with zero attached hydrogens (tertiary/aromatic N) is 2. The van der Waals surface area contributed by atoms with E-state index in [1.165, 1.54) is 6.08 Å². The van der Waals surface area contributed by atoms with Gasteiger partial charge in [-0.05, 0) is 48.4 Å². The monoisotopic (exact) mass is 393 g/mol. The van der Waals surface area contributed by atoms with Crippen molar-refractivity contribution in [3.63, 3.8) is 0 Å². The second-order valence-corrected chi connectivity index (χ2v) is 7.03. The highest BCUT2D eigenvalue weighted by atomic mass is 35.5. The molecule has 28 heavy (non-hydrogen) atoms. The van der Waals surface area contributed by atoms with Gasteiger partial charge in [0, 0.05) is 29.8 Å². The number of ether oxygens (including phenoxy) is 1. The Morgan fingerprint density at radius 2 is 2.18 bits per heavy atom. The average Bonchev–Trinajstić information content (AvgIpc) is 3.12. The van der Waals surface area contributed by atoms with E-state index < -0.39 is 0 Å². The maximum atomic E-state index is 12.1. The molecule has 1 aliphatic rings. The zero-order valence-electron chi connectivity index (χ0n) is 15.3. The first-order valence-corrected chi connectivity index (χ1v) is 9.55. The normalized spacial score (nSPS) is 13.2. The predicted octanol–water partition coefficient (Wildman–Crippen LogP) is 4.23. The Morgan fingerprint density at radius 3 is 3.11 bits per heavy atom. The largest absolute Gasteiger partial charge is 0.488 e. The van der Waals surface area contributed by atoms with Crippen LogP contribution in [0.25, 0.3) is 17.1 Å². The van der Waals surface area contributed by atoms with Crippen molar-refractivity contribution in [3.8, 4) is 5.75 Å². The molecule has 0 aliphatic carbocycles. The average molecular weight is 394 g/mol. The van der Waals surface area contributed by atoms with Crippen molar-refractivity contribution in [3.05, 3.63) is 77.1 Å². The highest BCUT2D eigenvalue weighted by Crippen LogP contribution is 2.29. The molecule has 0 radical (unpaired) electrons. The summed E-state index contributed by atoms with van der Waals surface area (Å²) in [4.78, 5) is 16.4. The first-order chi connectivity index (χ1) is 13.7. The Bertz CT molecular complexity index is 1070. The molecule has 6 heteroatoms. The van der Waals surface area contributed by atoms with Gasteiger partial charge in [0.1, 0.15) is 12.4 Å². The molecular weight excluding hydrogens is 374 g/mol. The second kappa shape index (κ2) is 8.31. The lowest BCUT2D eigenvalue weighted by atomic mass is 10.1. The van der Waals surface area contributed by atoms with Gasteiger partial charge in [-0.2, -0.15) is 0 Å². The van der Waals surface area contributed by atoms with E-state index in [9.17, 15) is 4.79 Å². The number of aromatic nitrogens is 2. The van der Waals surface area contributed by atoms with Gasteiger partial charge in [0.2, 0.25) is 5.91 Å². The molecule has 1 N–H and O–H groups in total. The molecule has 1 aromatic heterocycles. The van der Waals surface area contributed by atoms with Crippen LogP contribution in [-0.2, 0) is 11.3 Å². The fourth-order valence-electron chi connectivity index (χ4n) is 3.15. The summed E-state index contributed by atoms with van der Waals surface area (Å²) in [5, 5.41) is 3.57. The van der Waals surface area contributed by atoms with Crippen LogP contribution < -0.4 is 10.1 Å². The molecule has 1 aliphatic heterocycles. The third-order valence-corrected chi connectivity index (χ3v) is 4.79. The summed E-state index contributed by atoms with van der Waals surface area (Å²) in [5.41, 5.74) is 3.94. The SMILES string of the molecule is O=C(/C=C/C1=Cc2cc(Cl)ccc2OC1)NCCCn1cnc2ccccc21. The third-order valence-electron chi connectivity index (χ3n) is 4.56. The van der Waals surface area contributed by atoms with E-state index in [4.69, 9.17) is 16.3 Å². The number of imidazole rings is 1. The van der Waals surface area contributed by atoms with Gasteiger partial charge in [0.05, 0.1) is 17.4 Å². The number of nitrogens with one attached hydrogen (secondary N) is 1. The Hall–Kier alpha value is -3.05. The summed E-state index contributed by atoms with van der Waals surface area (Å²) in [7, 11) is 0. The van der Waals surface area contributed by atoms with Gasteiger partial charge < -0.3 is 14.6 Å². The van der Waals surface area contributed by atoms with Crippen LogP contribution in [0.1, 0.15) is 12.0 Å². The minimum atomic E-state index is -0.117. The Kier molecular flexibility index (Phi) is 5.44. The summed E-state index contributed by atoms with van der Waals surface area (Å²) >= 11 is 6.02. The van der Waals surface area contributed by atoms with Crippen molar-refractivity contribution in [1.82, 2.24) is 14.9 Å². The van der Waals surface area contributed by atoms with Gasteiger partial charge in [-0.25, -0.2) is 4.98 Å². The molecule has 2 heterocycles. The topological polar surface area (TPSA) is 56.1 Å². The molecule has 0 unspecified atom stereocenters. The number of fused-ring (bicyclic) bond motifs is 2. The van der Waals surface area contributed by atoms with Crippen molar-refractivity contribution >= 4 is 34.6 Å². The number of carbonyl (C=O) groups is 1. The van der Waals surface area contributed by atoms with Crippen LogP contribution in [0, 0.1) is 0 Å². The van der Waals surface area contributed by atoms with Gasteiger partial charge in [-0.3, -0.25) is 4.79 Å². The molecule has 3 aromatic rings. The zero-order valence-corrected chi connectivity index (χ0v) is 16.0. The molecule has 0 bridgehead atoms. The first-order valence-electron chi connectivity index (χ1n) is 9.18. The van der Waals surface area contributed by atoms with Crippen LogP contribution in [0.2, 0.25) is 5.02 Å². The van der Waals surface area contributed by atoms with Crippen LogP contribution in [0.15, 0.2) is 66.5 Å². The smallest absolute Gasteiger partial charge is 0.243 e. The second-order valence-electron chi connectivity index (χ2n) is 6.59. The number of para-hydroxylation sites is 2. The van der Waals surface area contributed by atoms with E-state index in [1.807, 2.05) is 42.7 Å². The summed E-state index contributed by atoms with van der Waals surface area (Å²) in [6, 6.07) is 13.5. The van der Waals surface area contributed by atoms with Gasteiger partial charge in [-0.15, -0.1) is 0 Å². The minimum absolute atomic E-state index is 0.117. The minimum Gasteiger partial charge on any atom is -0.488 e. The van der Waals surface area contributed by atoms with Gasteiger partial charge >= 0.3 is 0 Å². The number of aryl methyl sites for hydroxylation is 1. The molecule has 5 nitrogen and oxygen atoms in total. The number of carbonyl (C=O) groups excluding carboxylic acids is 1. The molecule has 0 saturated carbocycles. The molecule has 142 valence electrons. The lowest BCUT2D eigenvalue weighted by molar-refractivity contribution is -0.116. The van der Waals surface area contributed by atoms with Crippen molar-refractivity contribution in [2.75, 3.05) is 13.2 Å². The Balaban J connectivity index is 1.27. The van der Waals surface area contributed by atoms with Gasteiger partial charge in [-0.1, -0.05) is 29.8 Å². The number of amides is 1. The lowest BCUT2D eigenvalue weighted by Gasteiger charge is -2.16. The number of hydrogen-bond donors (Lipinski definition) is 1. The first kappa shape index (κ1) is 18.3. The highest BCUT2D eigenvalue weighted by Gasteiger charge is 2.10. The fourth-order valence-corrected chi connectivity index (χ4v) is 3.33. The van der Waals surface area contributed by atoms with Crippen molar-refractivity contribution in [2.45, 2.75) is 13.0 Å². The molecule has 4 rings (SSSR count). The summed E-state index contributed by atoms with van der Waals surface area (Å²) in [6.07, 6.45) is 7.97. The number of rotatable bonds is 6. The maximum Gasteiger partial charge on any atom is 0.243 e. The van der Waals surface area contributed by atoms with Crippen LogP contribution in [0.5, 0.6) is 5.75 Å². The van der Waals surface area contributed by atoms with Crippen molar-refractivity contribution in [2.24, 2.45) is 0 Å². The van der Waals surface area contributed by atoms with Crippen LogP contribution in [0.3, 0.4) is 0 Å².